The number of aliphatic carboxylic acids is 1. The van der Waals surface area contributed by atoms with Gasteiger partial charge in [0.2, 0.25) is 5.91 Å². The maximum absolute atomic E-state index is 12.6. The van der Waals surface area contributed by atoms with Crippen molar-refractivity contribution in [3.05, 3.63) is 59.7 Å². The Morgan fingerprint density at radius 2 is 1.67 bits per heavy atom. The number of carbonyl (C=O) groups excluding carboxylic acids is 2. The monoisotopic (exact) mass is 450 g/mol. The largest absolute Gasteiger partial charge is 0.481 e. The third kappa shape index (κ3) is 5.02. The molecule has 33 heavy (non-hydrogen) atoms. The van der Waals surface area contributed by atoms with Crippen LogP contribution in [0.2, 0.25) is 0 Å². The quantitative estimate of drug-likeness (QED) is 0.506. The van der Waals surface area contributed by atoms with Gasteiger partial charge in [-0.15, -0.1) is 0 Å². The topological polar surface area (TPSA) is 105 Å². The minimum absolute atomic E-state index is 0.0261. The Labute approximate surface area is 193 Å². The van der Waals surface area contributed by atoms with Crippen molar-refractivity contribution in [2.24, 2.45) is 5.41 Å². The molecule has 0 heterocycles. The summed E-state index contributed by atoms with van der Waals surface area (Å²) in [5, 5.41) is 14.8. The van der Waals surface area contributed by atoms with Crippen LogP contribution in [0.1, 0.15) is 56.1 Å². The molecule has 7 nitrogen and oxygen atoms in total. The number of benzene rings is 2. The number of fused-ring (bicyclic) bond motifs is 3. The van der Waals surface area contributed by atoms with Gasteiger partial charge in [0.05, 0.1) is 5.41 Å². The number of carboxylic acid groups (broad SMARTS) is 1. The number of ether oxygens (including phenoxy) is 1. The molecule has 1 fully saturated rings. The van der Waals surface area contributed by atoms with E-state index in [0.717, 1.165) is 28.7 Å². The first kappa shape index (κ1) is 22.8. The summed E-state index contributed by atoms with van der Waals surface area (Å²) in [5.41, 5.74) is 3.80. The highest BCUT2D eigenvalue weighted by atomic mass is 16.5. The Morgan fingerprint density at radius 1 is 1.06 bits per heavy atom. The fourth-order valence-corrected chi connectivity index (χ4v) is 4.56. The van der Waals surface area contributed by atoms with E-state index in [1.54, 1.807) is 0 Å². The second-order valence-corrected chi connectivity index (χ2v) is 9.02. The zero-order valence-corrected chi connectivity index (χ0v) is 18.8. The van der Waals surface area contributed by atoms with Crippen molar-refractivity contribution >= 4 is 18.0 Å². The van der Waals surface area contributed by atoms with Gasteiger partial charge in [-0.05, 0) is 41.5 Å². The molecule has 0 saturated heterocycles. The Hall–Kier alpha value is -3.35. The first-order valence-corrected chi connectivity index (χ1v) is 11.5. The van der Waals surface area contributed by atoms with Crippen LogP contribution in [0.15, 0.2) is 48.5 Å². The molecular weight excluding hydrogens is 420 g/mol. The average Bonchev–Trinajstić information content (AvgIpc) is 3.54. The molecule has 0 radical (unpaired) electrons. The molecule has 3 N–H and O–H groups in total. The van der Waals surface area contributed by atoms with Gasteiger partial charge in [-0.2, -0.15) is 0 Å². The summed E-state index contributed by atoms with van der Waals surface area (Å²) >= 11 is 0. The molecule has 2 aliphatic carbocycles. The van der Waals surface area contributed by atoms with Gasteiger partial charge in [0.1, 0.15) is 6.61 Å². The molecule has 2 aliphatic rings. The molecule has 4 rings (SSSR count). The zero-order valence-electron chi connectivity index (χ0n) is 18.8. The predicted molar refractivity (Wildman–Crippen MR) is 124 cm³/mol. The number of hydrogen-bond donors (Lipinski definition) is 3. The van der Waals surface area contributed by atoms with Crippen molar-refractivity contribution in [2.75, 3.05) is 13.2 Å². The average molecular weight is 451 g/mol. The highest BCUT2D eigenvalue weighted by molar-refractivity contribution is 5.82. The minimum atomic E-state index is -0.871. The summed E-state index contributed by atoms with van der Waals surface area (Å²) in [4.78, 5) is 36.2. The van der Waals surface area contributed by atoms with E-state index in [2.05, 4.69) is 34.9 Å². The summed E-state index contributed by atoms with van der Waals surface area (Å²) in [5.74, 6) is -1.16. The molecule has 1 atom stereocenters. The summed E-state index contributed by atoms with van der Waals surface area (Å²) < 4.78 is 5.59. The Balaban J connectivity index is 1.31. The second-order valence-electron chi connectivity index (χ2n) is 9.02. The first-order valence-electron chi connectivity index (χ1n) is 11.5. The van der Waals surface area contributed by atoms with Crippen molar-refractivity contribution in [1.82, 2.24) is 10.6 Å². The lowest BCUT2D eigenvalue weighted by molar-refractivity contribution is -0.143. The van der Waals surface area contributed by atoms with Gasteiger partial charge in [0, 0.05) is 24.9 Å². The van der Waals surface area contributed by atoms with Gasteiger partial charge in [0.15, 0.2) is 0 Å². The Bertz CT molecular complexity index is 1000. The minimum Gasteiger partial charge on any atom is -0.481 e. The van der Waals surface area contributed by atoms with Crippen LogP contribution in [0, 0.1) is 5.41 Å². The number of amides is 2. The molecule has 7 heteroatoms. The first-order chi connectivity index (χ1) is 15.9. The maximum Gasteiger partial charge on any atom is 0.407 e. The van der Waals surface area contributed by atoms with E-state index in [4.69, 9.17) is 4.74 Å². The maximum atomic E-state index is 12.6. The van der Waals surface area contributed by atoms with E-state index < -0.39 is 17.5 Å². The van der Waals surface area contributed by atoms with Gasteiger partial charge in [0.25, 0.3) is 0 Å². The van der Waals surface area contributed by atoms with Gasteiger partial charge >= 0.3 is 12.1 Å². The lowest BCUT2D eigenvalue weighted by Gasteiger charge is -2.20. The second kappa shape index (κ2) is 9.65. The summed E-state index contributed by atoms with van der Waals surface area (Å²) in [6.07, 6.45) is 2.13. The van der Waals surface area contributed by atoms with Gasteiger partial charge in [-0.25, -0.2) is 4.79 Å². The van der Waals surface area contributed by atoms with Crippen molar-refractivity contribution in [3.8, 4) is 11.1 Å². The van der Waals surface area contributed by atoms with Crippen molar-refractivity contribution < 1.29 is 24.2 Å². The number of nitrogens with one attached hydrogen (secondary N) is 2. The van der Waals surface area contributed by atoms with Gasteiger partial charge in [-0.1, -0.05) is 61.9 Å². The van der Waals surface area contributed by atoms with Crippen molar-refractivity contribution in [2.45, 2.75) is 51.0 Å². The van der Waals surface area contributed by atoms with Crippen LogP contribution in [0.25, 0.3) is 11.1 Å². The molecule has 0 aromatic heterocycles. The third-order valence-electron chi connectivity index (χ3n) is 6.67. The molecule has 0 aliphatic heterocycles. The Kier molecular flexibility index (Phi) is 6.67. The summed E-state index contributed by atoms with van der Waals surface area (Å²) in [6, 6.07) is 15.9. The van der Waals surface area contributed by atoms with Crippen LogP contribution in [0.4, 0.5) is 4.79 Å². The molecule has 2 aromatic rings. The SMILES string of the molecule is CCC[C@H](CC(=O)NCC1(C(=O)O)CC1)NC(=O)OCC1c2ccccc2-c2ccccc21. The Morgan fingerprint density at radius 3 is 2.21 bits per heavy atom. The van der Waals surface area contributed by atoms with Crippen LogP contribution >= 0.6 is 0 Å². The molecule has 2 amide bonds. The van der Waals surface area contributed by atoms with Crippen molar-refractivity contribution in [1.29, 1.82) is 0 Å². The fraction of sp³-hybridized carbons (Fsp3) is 0.423. The van der Waals surface area contributed by atoms with E-state index in [0.29, 0.717) is 19.3 Å². The lowest BCUT2D eigenvalue weighted by atomic mass is 9.98. The number of rotatable bonds is 10. The zero-order chi connectivity index (χ0) is 23.4. The molecule has 0 bridgehead atoms. The van der Waals surface area contributed by atoms with Crippen LogP contribution in [0.5, 0.6) is 0 Å². The van der Waals surface area contributed by atoms with Crippen LogP contribution < -0.4 is 10.6 Å². The molecule has 0 unspecified atom stereocenters. The van der Waals surface area contributed by atoms with E-state index >= 15 is 0 Å². The summed E-state index contributed by atoms with van der Waals surface area (Å²) in [6.45, 7) is 2.32. The van der Waals surface area contributed by atoms with E-state index in [9.17, 15) is 19.5 Å². The van der Waals surface area contributed by atoms with Crippen LogP contribution in [-0.4, -0.2) is 42.3 Å². The van der Waals surface area contributed by atoms with Crippen LogP contribution in [-0.2, 0) is 14.3 Å². The molecule has 174 valence electrons. The molecular formula is C26H30N2O5. The normalized spacial score (nSPS) is 16.3. The fourth-order valence-electron chi connectivity index (χ4n) is 4.56. The van der Waals surface area contributed by atoms with Crippen molar-refractivity contribution in [3.63, 3.8) is 0 Å². The number of carboxylic acids is 1. The van der Waals surface area contributed by atoms with Gasteiger partial charge < -0.3 is 20.5 Å². The van der Waals surface area contributed by atoms with E-state index in [1.165, 1.54) is 0 Å². The third-order valence-corrected chi connectivity index (χ3v) is 6.67. The molecule has 2 aromatic carbocycles. The van der Waals surface area contributed by atoms with E-state index in [-0.39, 0.29) is 37.4 Å². The van der Waals surface area contributed by atoms with E-state index in [1.807, 2.05) is 31.2 Å². The van der Waals surface area contributed by atoms with Gasteiger partial charge in [-0.3, -0.25) is 9.59 Å². The highest BCUT2D eigenvalue weighted by Gasteiger charge is 2.50. The lowest BCUT2D eigenvalue weighted by Crippen LogP contribution is -2.41. The predicted octanol–water partition coefficient (Wildman–Crippen LogP) is 4.06. The number of alkyl carbamates (subject to hydrolysis) is 1. The standard InChI is InChI=1S/C26H30N2O5/c1-2-7-17(14-23(29)27-16-26(12-13-26)24(30)31)28-25(32)33-15-22-20-10-5-3-8-18(20)19-9-4-6-11-21(19)22/h3-6,8-11,17,22H,2,7,12-16H2,1H3,(H,27,29)(H,28,32)(H,30,31)/t17-/m1/s1. The molecule has 0 spiro atoms. The molecule has 1 saturated carbocycles. The van der Waals surface area contributed by atoms with Crippen LogP contribution in [0.3, 0.4) is 0 Å². The number of carbonyl (C=O) groups is 3. The summed E-state index contributed by atoms with van der Waals surface area (Å²) in [7, 11) is 0. The number of hydrogen-bond acceptors (Lipinski definition) is 4. The highest BCUT2D eigenvalue weighted by Crippen LogP contribution is 2.45. The smallest absolute Gasteiger partial charge is 0.407 e.